The molecule has 0 aromatic heterocycles. The van der Waals surface area contributed by atoms with E-state index in [1.54, 1.807) is 12.1 Å². The summed E-state index contributed by atoms with van der Waals surface area (Å²) in [6.07, 6.45) is 0. The Bertz CT molecular complexity index is 2320. The Hall–Kier alpha value is -5.29. The van der Waals surface area contributed by atoms with E-state index < -0.39 is 63.8 Å². The Morgan fingerprint density at radius 2 is 1.19 bits per heavy atom. The van der Waals surface area contributed by atoms with Crippen LogP contribution in [0.3, 0.4) is 0 Å². The van der Waals surface area contributed by atoms with Gasteiger partial charge in [-0.05, 0) is 83.8 Å². The Labute approximate surface area is 309 Å². The van der Waals surface area contributed by atoms with Crippen molar-refractivity contribution in [3.05, 3.63) is 164 Å². The number of hydrogen-bond donors (Lipinski definition) is 0. The molecule has 0 saturated carbocycles. The summed E-state index contributed by atoms with van der Waals surface area (Å²) in [5.74, 6) is -5.08. The summed E-state index contributed by atoms with van der Waals surface area (Å²) < 4.78 is 30.9. The number of carbonyl (C=O) groups is 4. The molecule has 260 valence electrons. The zero-order chi connectivity index (χ0) is 36.5. The van der Waals surface area contributed by atoms with E-state index in [1.165, 1.54) is 54.6 Å². The van der Waals surface area contributed by atoms with Crippen molar-refractivity contribution in [2.45, 2.75) is 23.7 Å². The lowest BCUT2D eigenvalue weighted by Crippen LogP contribution is -2.52. The highest BCUT2D eigenvalue weighted by Gasteiger charge is 2.63. The van der Waals surface area contributed by atoms with Gasteiger partial charge in [0.15, 0.2) is 5.78 Å². The molecular formula is C40H28Cl2N2O7S. The number of hydrogen-bond acceptors (Lipinski definition) is 7. The SMILES string of the molecule is Cc1ccc(S(=O)(=O)Oc2ccc(C(=O)CN(C(=O)c3ccc(Cl)c(Cl)c3)N3C(=O)[C@H]4C5c6ccccc6C(c6ccccc65)[C@@H]4C3=O)cc2)cc1. The first-order chi connectivity index (χ1) is 24.9. The Kier molecular flexibility index (Phi) is 8.28. The molecule has 0 radical (unpaired) electrons. The summed E-state index contributed by atoms with van der Waals surface area (Å²) >= 11 is 12.4. The highest BCUT2D eigenvalue weighted by Crippen LogP contribution is 2.61. The summed E-state index contributed by atoms with van der Waals surface area (Å²) in [6, 6.07) is 31.2. The van der Waals surface area contributed by atoms with Gasteiger partial charge in [0.1, 0.15) is 17.2 Å². The molecule has 3 aliphatic carbocycles. The average Bonchev–Trinajstić information content (AvgIpc) is 3.41. The molecule has 12 heteroatoms. The third-order valence-corrected chi connectivity index (χ3v) is 12.1. The predicted octanol–water partition coefficient (Wildman–Crippen LogP) is 7.20. The van der Waals surface area contributed by atoms with E-state index in [2.05, 4.69) is 0 Å². The minimum absolute atomic E-state index is 0.0114. The van der Waals surface area contributed by atoms with Crippen LogP contribution in [0.2, 0.25) is 10.0 Å². The molecular weight excluding hydrogens is 723 g/mol. The fourth-order valence-corrected chi connectivity index (χ4v) is 8.94. The Morgan fingerprint density at radius 3 is 1.69 bits per heavy atom. The highest BCUT2D eigenvalue weighted by atomic mass is 35.5. The van der Waals surface area contributed by atoms with E-state index in [0.717, 1.165) is 37.8 Å². The van der Waals surface area contributed by atoms with Crippen LogP contribution in [0, 0.1) is 18.8 Å². The van der Waals surface area contributed by atoms with Gasteiger partial charge in [-0.1, -0.05) is 89.4 Å². The van der Waals surface area contributed by atoms with Crippen molar-refractivity contribution in [2.24, 2.45) is 11.8 Å². The number of amides is 3. The third-order valence-electron chi connectivity index (χ3n) is 10.1. The van der Waals surface area contributed by atoms with Gasteiger partial charge in [-0.25, -0.2) is 5.01 Å². The molecule has 1 saturated heterocycles. The minimum Gasteiger partial charge on any atom is -0.379 e. The largest absolute Gasteiger partial charge is 0.379 e. The number of carbonyl (C=O) groups excluding carboxylic acids is 4. The van der Waals surface area contributed by atoms with E-state index in [4.69, 9.17) is 27.4 Å². The molecule has 2 bridgehead atoms. The topological polar surface area (TPSA) is 118 Å². The number of ketones is 1. The number of imide groups is 1. The first-order valence-corrected chi connectivity index (χ1v) is 18.6. The maximum atomic E-state index is 14.6. The lowest BCUT2D eigenvalue weighted by molar-refractivity contribution is -0.154. The number of hydrazine groups is 1. The molecule has 0 unspecified atom stereocenters. The summed E-state index contributed by atoms with van der Waals surface area (Å²) in [5, 5.41) is 1.98. The molecule has 4 aliphatic rings. The quantitative estimate of drug-likeness (QED) is 0.0935. The second-order valence-electron chi connectivity index (χ2n) is 13.0. The molecule has 2 atom stereocenters. The molecule has 5 aromatic rings. The van der Waals surface area contributed by atoms with Crippen LogP contribution in [0.4, 0.5) is 0 Å². The van der Waals surface area contributed by atoms with Gasteiger partial charge in [0, 0.05) is 23.0 Å². The molecule has 5 aromatic carbocycles. The van der Waals surface area contributed by atoms with Crippen molar-refractivity contribution in [3.8, 4) is 5.75 Å². The third kappa shape index (κ3) is 5.49. The van der Waals surface area contributed by atoms with Gasteiger partial charge in [0.05, 0.1) is 21.9 Å². The molecule has 1 aliphatic heterocycles. The monoisotopic (exact) mass is 750 g/mol. The van der Waals surface area contributed by atoms with Gasteiger partial charge in [-0.15, -0.1) is 0 Å². The molecule has 1 fully saturated rings. The first-order valence-electron chi connectivity index (χ1n) is 16.4. The summed E-state index contributed by atoms with van der Waals surface area (Å²) in [4.78, 5) is 57.3. The molecule has 52 heavy (non-hydrogen) atoms. The molecule has 9 rings (SSSR count). The van der Waals surface area contributed by atoms with Crippen molar-refractivity contribution in [2.75, 3.05) is 6.54 Å². The second-order valence-corrected chi connectivity index (χ2v) is 15.4. The zero-order valence-corrected chi connectivity index (χ0v) is 29.7. The fourth-order valence-electron chi connectivity index (χ4n) is 7.71. The minimum atomic E-state index is -4.15. The fraction of sp³-hybridized carbons (Fsp3) is 0.150. The Morgan fingerprint density at radius 1 is 0.692 bits per heavy atom. The lowest BCUT2D eigenvalue weighted by atomic mass is 9.55. The molecule has 3 amide bonds. The summed E-state index contributed by atoms with van der Waals surface area (Å²) in [5.41, 5.74) is 4.81. The van der Waals surface area contributed by atoms with Gasteiger partial charge in [-0.2, -0.15) is 13.4 Å². The lowest BCUT2D eigenvalue weighted by Gasteiger charge is -2.45. The molecule has 1 heterocycles. The average molecular weight is 752 g/mol. The van der Waals surface area contributed by atoms with Crippen LogP contribution in [-0.4, -0.2) is 48.5 Å². The van der Waals surface area contributed by atoms with Crippen LogP contribution in [0.15, 0.2) is 120 Å². The second kappa shape index (κ2) is 12.7. The van der Waals surface area contributed by atoms with E-state index in [1.807, 2.05) is 55.5 Å². The standard InChI is InChI=1S/C40H28Cl2N2O7S/c1-22-10-17-26(18-11-22)52(49,50)51-25-15-12-23(13-16-25)33(45)21-43(38(46)24-14-19-31(41)32(42)20-24)44-39(47)36-34-27-6-2-3-7-28(27)35(37(36)40(44)48)30-9-5-4-8-29(30)34/h2-20,34-37H,21H2,1H3/t34?,35?,36-,37-/m0/s1. The molecule has 0 spiro atoms. The number of halogens is 2. The van der Waals surface area contributed by atoms with Gasteiger partial charge in [0.2, 0.25) is 0 Å². The predicted molar refractivity (Wildman–Crippen MR) is 193 cm³/mol. The maximum absolute atomic E-state index is 14.6. The van der Waals surface area contributed by atoms with Gasteiger partial charge in [0.25, 0.3) is 17.7 Å². The molecule has 0 N–H and O–H groups in total. The van der Waals surface area contributed by atoms with Crippen molar-refractivity contribution < 1.29 is 31.8 Å². The van der Waals surface area contributed by atoms with Crippen LogP contribution in [-0.2, 0) is 19.7 Å². The number of aryl methyl sites for hydroxylation is 1. The number of Topliss-reactive ketones (excluding diaryl/α,β-unsaturated/α-hetero) is 1. The van der Waals surface area contributed by atoms with E-state index in [-0.39, 0.29) is 31.8 Å². The summed E-state index contributed by atoms with van der Waals surface area (Å²) in [7, 11) is -4.15. The number of benzene rings is 5. The zero-order valence-electron chi connectivity index (χ0n) is 27.4. The van der Waals surface area contributed by atoms with E-state index in [0.29, 0.717) is 0 Å². The first kappa shape index (κ1) is 33.8. The van der Waals surface area contributed by atoms with Crippen molar-refractivity contribution in [1.29, 1.82) is 0 Å². The van der Waals surface area contributed by atoms with Crippen LogP contribution >= 0.6 is 23.2 Å². The van der Waals surface area contributed by atoms with Gasteiger partial charge in [-0.3, -0.25) is 19.2 Å². The highest BCUT2D eigenvalue weighted by molar-refractivity contribution is 7.87. The summed E-state index contributed by atoms with van der Waals surface area (Å²) in [6.45, 7) is 1.14. The maximum Gasteiger partial charge on any atom is 0.339 e. The van der Waals surface area contributed by atoms with Gasteiger partial charge < -0.3 is 4.18 Å². The molecule has 9 nitrogen and oxygen atoms in total. The normalized spacial score (nSPS) is 19.9. The Balaban J connectivity index is 1.13. The van der Waals surface area contributed by atoms with Crippen LogP contribution in [0.5, 0.6) is 5.75 Å². The van der Waals surface area contributed by atoms with Crippen molar-refractivity contribution in [3.63, 3.8) is 0 Å². The van der Waals surface area contributed by atoms with Crippen molar-refractivity contribution >= 4 is 56.8 Å². The smallest absolute Gasteiger partial charge is 0.339 e. The van der Waals surface area contributed by atoms with Crippen LogP contribution in [0.1, 0.15) is 60.4 Å². The number of nitrogens with zero attached hydrogens (tertiary/aromatic N) is 2. The van der Waals surface area contributed by atoms with E-state index in [9.17, 15) is 27.6 Å². The number of rotatable bonds is 8. The van der Waals surface area contributed by atoms with Crippen LogP contribution in [0.25, 0.3) is 0 Å². The van der Waals surface area contributed by atoms with E-state index >= 15 is 0 Å². The van der Waals surface area contributed by atoms with Gasteiger partial charge >= 0.3 is 10.1 Å². The van der Waals surface area contributed by atoms with Crippen LogP contribution < -0.4 is 4.18 Å². The van der Waals surface area contributed by atoms with Crippen molar-refractivity contribution in [1.82, 2.24) is 10.0 Å².